The highest BCUT2D eigenvalue weighted by atomic mass is 19.1. The fourth-order valence-corrected chi connectivity index (χ4v) is 3.18. The van der Waals surface area contributed by atoms with Crippen molar-refractivity contribution < 1.29 is 19.0 Å². The molecule has 0 spiro atoms. The molecule has 2 unspecified atom stereocenters. The van der Waals surface area contributed by atoms with Crippen LogP contribution in [0.25, 0.3) is 0 Å². The summed E-state index contributed by atoms with van der Waals surface area (Å²) < 4.78 is 19.9. The molecule has 9 heteroatoms. The summed E-state index contributed by atoms with van der Waals surface area (Å²) in [5.74, 6) is 0.980. The lowest BCUT2D eigenvalue weighted by Crippen LogP contribution is -2.46. The van der Waals surface area contributed by atoms with Crippen LogP contribution in [0.2, 0.25) is 0 Å². The van der Waals surface area contributed by atoms with Crippen LogP contribution in [0.1, 0.15) is 36.1 Å². The van der Waals surface area contributed by atoms with Gasteiger partial charge >= 0.3 is 6.03 Å². The van der Waals surface area contributed by atoms with E-state index in [0.29, 0.717) is 24.7 Å². The number of benzene rings is 1. The van der Waals surface area contributed by atoms with E-state index in [4.69, 9.17) is 4.74 Å². The molecule has 0 bridgehead atoms. The molecule has 1 aromatic heterocycles. The number of amides is 2. The van der Waals surface area contributed by atoms with E-state index in [2.05, 4.69) is 20.7 Å². The largest absolute Gasteiger partial charge is 0.394 e. The molecule has 3 rings (SSSR count). The highest BCUT2D eigenvalue weighted by Gasteiger charge is 2.26. The van der Waals surface area contributed by atoms with Gasteiger partial charge in [-0.2, -0.15) is 5.10 Å². The molecule has 0 aliphatic carbocycles. The first-order chi connectivity index (χ1) is 13.1. The minimum Gasteiger partial charge on any atom is -0.394 e. The predicted molar refractivity (Wildman–Crippen MR) is 95.4 cm³/mol. The van der Waals surface area contributed by atoms with Gasteiger partial charge in [0.25, 0.3) is 0 Å². The number of halogens is 1. The molecule has 2 atom stereocenters. The number of aryl methyl sites for hydroxylation is 1. The van der Waals surface area contributed by atoms with Crippen LogP contribution >= 0.6 is 0 Å². The Balaban J connectivity index is 1.59. The lowest BCUT2D eigenvalue weighted by atomic mass is 10.1. The van der Waals surface area contributed by atoms with Crippen molar-refractivity contribution in [3.05, 3.63) is 47.3 Å². The topological polar surface area (TPSA) is 101 Å². The molecule has 0 saturated carbocycles. The highest BCUT2D eigenvalue weighted by Crippen LogP contribution is 2.23. The van der Waals surface area contributed by atoms with Crippen molar-refractivity contribution in [2.24, 2.45) is 0 Å². The number of carbonyl (C=O) groups excluding carboxylic acids is 1. The molecule has 2 amide bonds. The number of urea groups is 1. The Kier molecular flexibility index (Phi) is 6.36. The minimum absolute atomic E-state index is 0.219. The number of nitrogens with zero attached hydrogens (tertiary/aromatic N) is 3. The SMILES string of the molecule is COCc1nc2n(n1)CCCC2NC(=O)NC(CO)Cc1ccc(F)cc1. The first kappa shape index (κ1) is 19.2. The number of aromatic nitrogens is 3. The highest BCUT2D eigenvalue weighted by molar-refractivity contribution is 5.74. The summed E-state index contributed by atoms with van der Waals surface area (Å²) in [5, 5.41) is 19.6. The van der Waals surface area contributed by atoms with E-state index < -0.39 is 6.04 Å². The van der Waals surface area contributed by atoms with E-state index in [1.165, 1.54) is 12.1 Å². The third-order valence-corrected chi connectivity index (χ3v) is 4.45. The second-order valence-electron chi connectivity index (χ2n) is 6.57. The molecule has 0 saturated heterocycles. The van der Waals surface area contributed by atoms with Crippen LogP contribution in [0.5, 0.6) is 0 Å². The van der Waals surface area contributed by atoms with Gasteiger partial charge in [0, 0.05) is 13.7 Å². The number of hydrogen-bond acceptors (Lipinski definition) is 5. The van der Waals surface area contributed by atoms with Crippen LogP contribution in [0.4, 0.5) is 9.18 Å². The summed E-state index contributed by atoms with van der Waals surface area (Å²) in [6.07, 6.45) is 2.05. The molecular formula is C18H24FN5O3. The number of ether oxygens (including phenoxy) is 1. The molecule has 1 aliphatic rings. The molecule has 8 nitrogen and oxygen atoms in total. The third-order valence-electron chi connectivity index (χ3n) is 4.45. The fourth-order valence-electron chi connectivity index (χ4n) is 3.18. The average molecular weight is 377 g/mol. The van der Waals surface area contributed by atoms with Crippen molar-refractivity contribution in [3.8, 4) is 0 Å². The van der Waals surface area contributed by atoms with Gasteiger partial charge in [0.1, 0.15) is 18.2 Å². The zero-order valence-corrected chi connectivity index (χ0v) is 15.2. The van der Waals surface area contributed by atoms with Gasteiger partial charge in [-0.25, -0.2) is 18.9 Å². The van der Waals surface area contributed by atoms with Crippen LogP contribution in [0, 0.1) is 5.82 Å². The second kappa shape index (κ2) is 8.92. The number of rotatable bonds is 7. The first-order valence-corrected chi connectivity index (χ1v) is 8.94. The van der Waals surface area contributed by atoms with E-state index in [-0.39, 0.29) is 24.5 Å². The zero-order valence-electron chi connectivity index (χ0n) is 15.2. The van der Waals surface area contributed by atoms with Crippen molar-refractivity contribution in [1.82, 2.24) is 25.4 Å². The Bertz CT molecular complexity index is 765. The monoisotopic (exact) mass is 377 g/mol. The molecule has 0 radical (unpaired) electrons. The molecule has 2 heterocycles. The standard InChI is InChI=1S/C18H24FN5O3/c1-27-11-16-22-17-15(3-2-8-24(17)23-16)21-18(26)20-14(10-25)9-12-4-6-13(19)7-5-12/h4-7,14-15,25H,2-3,8-11H2,1H3,(H2,20,21,26). The lowest BCUT2D eigenvalue weighted by molar-refractivity contribution is 0.177. The van der Waals surface area contributed by atoms with Gasteiger partial charge in [-0.1, -0.05) is 12.1 Å². The Morgan fingerprint density at radius 1 is 1.44 bits per heavy atom. The number of aliphatic hydroxyl groups is 1. The average Bonchev–Trinajstić information content (AvgIpc) is 3.07. The van der Waals surface area contributed by atoms with Gasteiger partial charge in [0.15, 0.2) is 5.82 Å². The van der Waals surface area contributed by atoms with Gasteiger partial charge in [0.2, 0.25) is 0 Å². The Labute approximate surface area is 156 Å². The first-order valence-electron chi connectivity index (χ1n) is 8.94. The van der Waals surface area contributed by atoms with Crippen molar-refractivity contribution in [1.29, 1.82) is 0 Å². The van der Waals surface area contributed by atoms with Gasteiger partial charge in [-0.3, -0.25) is 0 Å². The molecule has 146 valence electrons. The van der Waals surface area contributed by atoms with Crippen molar-refractivity contribution in [3.63, 3.8) is 0 Å². The minimum atomic E-state index is -0.471. The van der Waals surface area contributed by atoms with E-state index in [1.807, 2.05) is 0 Å². The number of fused-ring (bicyclic) bond motifs is 1. The normalized spacial score (nSPS) is 17.2. The van der Waals surface area contributed by atoms with Gasteiger partial charge in [0.05, 0.1) is 18.7 Å². The van der Waals surface area contributed by atoms with E-state index in [9.17, 15) is 14.3 Å². The molecule has 1 aromatic carbocycles. The summed E-state index contributed by atoms with van der Waals surface area (Å²) in [6, 6.07) is 4.89. The van der Waals surface area contributed by atoms with Crippen molar-refractivity contribution >= 4 is 6.03 Å². The summed E-state index contributed by atoms with van der Waals surface area (Å²) in [4.78, 5) is 16.8. The summed E-state index contributed by atoms with van der Waals surface area (Å²) in [6.45, 7) is 0.864. The van der Waals surface area contributed by atoms with Crippen LogP contribution in [0.3, 0.4) is 0 Å². The number of methoxy groups -OCH3 is 1. The van der Waals surface area contributed by atoms with Gasteiger partial charge in [-0.15, -0.1) is 0 Å². The quantitative estimate of drug-likeness (QED) is 0.675. The Hall–Kier alpha value is -2.52. The third kappa shape index (κ3) is 5.01. The van der Waals surface area contributed by atoms with E-state index >= 15 is 0 Å². The van der Waals surface area contributed by atoms with Gasteiger partial charge in [-0.05, 0) is 37.0 Å². The summed E-state index contributed by atoms with van der Waals surface area (Å²) in [5.41, 5.74) is 0.831. The molecular weight excluding hydrogens is 353 g/mol. The summed E-state index contributed by atoms with van der Waals surface area (Å²) >= 11 is 0. The van der Waals surface area contributed by atoms with E-state index in [0.717, 1.165) is 24.9 Å². The molecule has 3 N–H and O–H groups in total. The lowest BCUT2D eigenvalue weighted by Gasteiger charge is -2.24. The van der Waals surface area contributed by atoms with Crippen LogP contribution < -0.4 is 10.6 Å². The Morgan fingerprint density at radius 2 is 2.22 bits per heavy atom. The predicted octanol–water partition coefficient (Wildman–Crippen LogP) is 1.30. The molecule has 0 fully saturated rings. The number of hydrogen-bond donors (Lipinski definition) is 3. The van der Waals surface area contributed by atoms with Crippen LogP contribution in [-0.2, 0) is 24.3 Å². The number of carbonyl (C=O) groups is 1. The van der Waals surface area contributed by atoms with Gasteiger partial charge < -0.3 is 20.5 Å². The summed E-state index contributed by atoms with van der Waals surface area (Å²) in [7, 11) is 1.58. The van der Waals surface area contributed by atoms with Crippen molar-refractivity contribution in [2.75, 3.05) is 13.7 Å². The van der Waals surface area contributed by atoms with Crippen LogP contribution in [0.15, 0.2) is 24.3 Å². The zero-order chi connectivity index (χ0) is 19.2. The maximum absolute atomic E-state index is 13.0. The maximum atomic E-state index is 13.0. The maximum Gasteiger partial charge on any atom is 0.315 e. The number of nitrogens with one attached hydrogen (secondary N) is 2. The van der Waals surface area contributed by atoms with E-state index in [1.54, 1.807) is 23.9 Å². The number of aliphatic hydroxyl groups excluding tert-OH is 1. The molecule has 27 heavy (non-hydrogen) atoms. The molecule has 2 aromatic rings. The molecule has 1 aliphatic heterocycles. The fraction of sp³-hybridized carbons (Fsp3) is 0.500. The smallest absolute Gasteiger partial charge is 0.315 e. The Morgan fingerprint density at radius 3 is 2.93 bits per heavy atom. The van der Waals surface area contributed by atoms with Crippen LogP contribution in [-0.4, -0.2) is 45.7 Å². The van der Waals surface area contributed by atoms with Crippen molar-refractivity contribution in [2.45, 2.75) is 44.5 Å². The second-order valence-corrected chi connectivity index (χ2v) is 6.57.